The highest BCUT2D eigenvalue weighted by molar-refractivity contribution is 8.13. The molecule has 1 unspecified atom stereocenters. The number of carbonyl (C=O) groups is 2. The predicted molar refractivity (Wildman–Crippen MR) is 74.4 cm³/mol. The highest BCUT2D eigenvalue weighted by atomic mass is 32.2. The first-order chi connectivity index (χ1) is 8.97. The molecule has 1 heterocycles. The average Bonchev–Trinajstić information content (AvgIpc) is 2.68. The van der Waals surface area contributed by atoms with Crippen LogP contribution < -0.4 is 10.6 Å². The monoisotopic (exact) mass is 282 g/mol. The van der Waals surface area contributed by atoms with Gasteiger partial charge in [-0.15, -0.1) is 0 Å². The summed E-state index contributed by atoms with van der Waals surface area (Å²) in [7, 11) is 0. The van der Waals surface area contributed by atoms with Crippen LogP contribution in [-0.4, -0.2) is 23.3 Å². The van der Waals surface area contributed by atoms with Gasteiger partial charge in [-0.1, -0.05) is 11.8 Å². The molecule has 19 heavy (non-hydrogen) atoms. The van der Waals surface area contributed by atoms with Gasteiger partial charge < -0.3 is 10.6 Å². The Bertz CT molecular complexity index is 521. The number of nitrogens with two attached hydrogens (primary N) is 1. The Balaban J connectivity index is 2.09. The highest BCUT2D eigenvalue weighted by Crippen LogP contribution is 2.31. The number of hydrogen-bond acceptors (Lipinski definition) is 4. The van der Waals surface area contributed by atoms with Crippen LogP contribution in [0.15, 0.2) is 18.2 Å². The van der Waals surface area contributed by atoms with Crippen molar-refractivity contribution >= 4 is 34.2 Å². The van der Waals surface area contributed by atoms with Crippen molar-refractivity contribution < 1.29 is 14.0 Å². The maximum atomic E-state index is 13.0. The Labute approximate surface area is 115 Å². The third-order valence-electron chi connectivity index (χ3n) is 3.01. The summed E-state index contributed by atoms with van der Waals surface area (Å²) in [5.74, 6) is 0.300. The summed E-state index contributed by atoms with van der Waals surface area (Å²) in [6, 6.07) is 4.01. The first-order valence-electron chi connectivity index (χ1n) is 5.96. The minimum Gasteiger partial charge on any atom is -0.397 e. The van der Waals surface area contributed by atoms with Crippen molar-refractivity contribution in [1.29, 1.82) is 0 Å². The second-order valence-electron chi connectivity index (χ2n) is 4.58. The summed E-state index contributed by atoms with van der Waals surface area (Å²) in [4.78, 5) is 24.4. The van der Waals surface area contributed by atoms with Gasteiger partial charge in [-0.05, 0) is 24.1 Å². The number of amides is 1. The van der Waals surface area contributed by atoms with Crippen LogP contribution >= 0.6 is 11.8 Å². The molecule has 1 amide bonds. The molecule has 1 aromatic carbocycles. The number of carbonyl (C=O) groups excluding carboxylic acids is 2. The fourth-order valence-corrected chi connectivity index (χ4v) is 2.83. The van der Waals surface area contributed by atoms with Gasteiger partial charge in [0, 0.05) is 25.6 Å². The van der Waals surface area contributed by atoms with Gasteiger partial charge in [-0.3, -0.25) is 9.59 Å². The number of nitrogens with zero attached hydrogens (tertiary/aromatic N) is 1. The summed E-state index contributed by atoms with van der Waals surface area (Å²) < 4.78 is 13.0. The largest absolute Gasteiger partial charge is 0.397 e. The lowest BCUT2D eigenvalue weighted by molar-refractivity contribution is -0.117. The molecule has 4 nitrogen and oxygen atoms in total. The number of rotatable bonds is 3. The van der Waals surface area contributed by atoms with E-state index in [4.69, 9.17) is 5.73 Å². The zero-order valence-electron chi connectivity index (χ0n) is 10.6. The van der Waals surface area contributed by atoms with E-state index in [1.165, 1.54) is 36.9 Å². The van der Waals surface area contributed by atoms with E-state index < -0.39 is 5.82 Å². The third kappa shape index (κ3) is 3.26. The van der Waals surface area contributed by atoms with E-state index in [0.717, 1.165) is 0 Å². The Morgan fingerprint density at radius 3 is 2.95 bits per heavy atom. The molecular weight excluding hydrogens is 267 g/mol. The molecule has 0 saturated carbocycles. The first-order valence-corrected chi connectivity index (χ1v) is 6.94. The van der Waals surface area contributed by atoms with Crippen LogP contribution in [0.1, 0.15) is 13.3 Å². The quantitative estimate of drug-likeness (QED) is 0.862. The maximum absolute atomic E-state index is 13.0. The molecule has 1 aliphatic rings. The molecule has 102 valence electrons. The SMILES string of the molecule is CC(=O)SCC1CC(=O)N(c2ccc(F)cc2N)C1. The van der Waals surface area contributed by atoms with Gasteiger partial charge in [0.25, 0.3) is 0 Å². The molecule has 1 atom stereocenters. The van der Waals surface area contributed by atoms with E-state index in [2.05, 4.69) is 0 Å². The summed E-state index contributed by atoms with van der Waals surface area (Å²) in [6.45, 7) is 2.03. The molecule has 0 aromatic heterocycles. The van der Waals surface area contributed by atoms with Crippen molar-refractivity contribution in [3.63, 3.8) is 0 Å². The van der Waals surface area contributed by atoms with Crippen LogP contribution in [0.5, 0.6) is 0 Å². The topological polar surface area (TPSA) is 63.4 Å². The normalized spacial score (nSPS) is 18.9. The van der Waals surface area contributed by atoms with Crippen molar-refractivity contribution in [1.82, 2.24) is 0 Å². The van der Waals surface area contributed by atoms with Gasteiger partial charge >= 0.3 is 0 Å². The third-order valence-corrected chi connectivity index (χ3v) is 4.05. The van der Waals surface area contributed by atoms with E-state index in [1.54, 1.807) is 4.90 Å². The molecule has 1 aliphatic heterocycles. The van der Waals surface area contributed by atoms with Crippen molar-refractivity contribution in [2.45, 2.75) is 13.3 Å². The van der Waals surface area contributed by atoms with Gasteiger partial charge in [0.15, 0.2) is 5.12 Å². The van der Waals surface area contributed by atoms with Gasteiger partial charge in [0.05, 0.1) is 11.4 Å². The predicted octanol–water partition coefficient (Wildman–Crippen LogP) is 2.04. The number of benzene rings is 1. The lowest BCUT2D eigenvalue weighted by atomic mass is 10.1. The summed E-state index contributed by atoms with van der Waals surface area (Å²) in [5, 5.41) is 0.0483. The Kier molecular flexibility index (Phi) is 4.09. The van der Waals surface area contributed by atoms with Gasteiger partial charge in [-0.25, -0.2) is 4.39 Å². The smallest absolute Gasteiger partial charge is 0.227 e. The maximum Gasteiger partial charge on any atom is 0.227 e. The van der Waals surface area contributed by atoms with E-state index in [0.29, 0.717) is 24.4 Å². The second-order valence-corrected chi connectivity index (χ2v) is 5.78. The van der Waals surface area contributed by atoms with E-state index in [1.807, 2.05) is 0 Å². The van der Waals surface area contributed by atoms with Crippen LogP contribution in [0.4, 0.5) is 15.8 Å². The lowest BCUT2D eigenvalue weighted by Gasteiger charge is -2.18. The molecule has 0 radical (unpaired) electrons. The van der Waals surface area contributed by atoms with Crippen molar-refractivity contribution in [3.05, 3.63) is 24.0 Å². The van der Waals surface area contributed by atoms with Crippen LogP contribution in [-0.2, 0) is 9.59 Å². The molecule has 1 fully saturated rings. The average molecular weight is 282 g/mol. The molecule has 2 rings (SSSR count). The highest BCUT2D eigenvalue weighted by Gasteiger charge is 2.31. The standard InChI is InChI=1S/C13H15FN2O2S/c1-8(17)19-7-9-4-13(18)16(6-9)12-3-2-10(14)5-11(12)15/h2-3,5,9H,4,6-7,15H2,1H3. The Morgan fingerprint density at radius 2 is 2.32 bits per heavy atom. The molecule has 0 spiro atoms. The molecule has 0 aliphatic carbocycles. The van der Waals surface area contributed by atoms with E-state index in [-0.39, 0.29) is 22.6 Å². The van der Waals surface area contributed by atoms with E-state index >= 15 is 0 Å². The Hall–Kier alpha value is -1.56. The number of halogens is 1. The summed E-state index contributed by atoms with van der Waals surface area (Å²) >= 11 is 1.23. The molecule has 0 bridgehead atoms. The molecular formula is C13H15FN2O2S. The number of nitrogen functional groups attached to an aromatic ring is 1. The number of anilines is 2. The fraction of sp³-hybridized carbons (Fsp3) is 0.385. The number of hydrogen-bond donors (Lipinski definition) is 1. The van der Waals surface area contributed by atoms with Crippen molar-refractivity contribution in [2.75, 3.05) is 22.9 Å². The van der Waals surface area contributed by atoms with Crippen LogP contribution in [0.3, 0.4) is 0 Å². The van der Waals surface area contributed by atoms with Gasteiger partial charge in [0.2, 0.25) is 5.91 Å². The minimum atomic E-state index is -0.420. The molecule has 1 saturated heterocycles. The van der Waals surface area contributed by atoms with Gasteiger partial charge in [-0.2, -0.15) is 0 Å². The zero-order valence-corrected chi connectivity index (χ0v) is 11.4. The Morgan fingerprint density at radius 1 is 1.58 bits per heavy atom. The van der Waals surface area contributed by atoms with Crippen LogP contribution in [0.2, 0.25) is 0 Å². The first kappa shape index (κ1) is 13.9. The van der Waals surface area contributed by atoms with Gasteiger partial charge in [0.1, 0.15) is 5.82 Å². The molecule has 6 heteroatoms. The van der Waals surface area contributed by atoms with Crippen molar-refractivity contribution in [3.8, 4) is 0 Å². The summed E-state index contributed by atoms with van der Waals surface area (Å²) in [5.41, 5.74) is 6.54. The van der Waals surface area contributed by atoms with E-state index in [9.17, 15) is 14.0 Å². The lowest BCUT2D eigenvalue weighted by Crippen LogP contribution is -2.25. The molecule has 2 N–H and O–H groups in total. The van der Waals surface area contributed by atoms with Crippen LogP contribution in [0.25, 0.3) is 0 Å². The van der Waals surface area contributed by atoms with Crippen LogP contribution in [0, 0.1) is 11.7 Å². The second kappa shape index (κ2) is 5.61. The fourth-order valence-electron chi connectivity index (χ4n) is 2.13. The zero-order chi connectivity index (χ0) is 14.0. The van der Waals surface area contributed by atoms with Crippen molar-refractivity contribution in [2.24, 2.45) is 5.92 Å². The minimum absolute atomic E-state index is 0.0348. The molecule has 1 aromatic rings. The number of thioether (sulfide) groups is 1. The summed E-state index contributed by atoms with van der Waals surface area (Å²) in [6.07, 6.45) is 0.400.